The fraction of sp³-hybridized carbons (Fsp3) is 0.0638. The number of fused-ring (bicyclic) bond motifs is 9. The molecule has 10 rings (SSSR count). The maximum atomic E-state index is 6.67. The quantitative estimate of drug-likeness (QED) is 0.181. The van der Waals surface area contributed by atoms with Crippen molar-refractivity contribution in [3.63, 3.8) is 0 Å². The van der Waals surface area contributed by atoms with Crippen LogP contribution in [0, 0.1) is 0 Å². The van der Waals surface area contributed by atoms with Crippen molar-refractivity contribution in [2.45, 2.75) is 19.3 Å². The number of rotatable bonds is 4. The zero-order valence-electron chi connectivity index (χ0n) is 27.4. The van der Waals surface area contributed by atoms with Gasteiger partial charge in [-0.15, -0.1) is 0 Å². The van der Waals surface area contributed by atoms with Crippen molar-refractivity contribution in [1.82, 2.24) is 0 Å². The molecule has 232 valence electrons. The summed E-state index contributed by atoms with van der Waals surface area (Å²) in [7, 11) is 0. The third-order valence-corrected chi connectivity index (χ3v) is 10.6. The van der Waals surface area contributed by atoms with Crippen LogP contribution in [-0.4, -0.2) is 0 Å². The Labute approximate surface area is 285 Å². The summed E-state index contributed by atoms with van der Waals surface area (Å²) in [6.45, 7) is 4.71. The molecule has 8 aromatic carbocycles. The van der Waals surface area contributed by atoms with Crippen LogP contribution in [-0.2, 0) is 5.41 Å². The minimum atomic E-state index is -0.123. The second-order valence-electron chi connectivity index (χ2n) is 13.7. The Balaban J connectivity index is 1.24. The molecule has 0 saturated heterocycles. The first kappa shape index (κ1) is 27.9. The summed E-state index contributed by atoms with van der Waals surface area (Å²) in [4.78, 5) is 2.38. The average molecular weight is 628 g/mol. The molecule has 0 fully saturated rings. The Morgan fingerprint density at radius 1 is 0.469 bits per heavy atom. The molecule has 0 spiro atoms. The molecule has 2 nitrogen and oxygen atoms in total. The van der Waals surface area contributed by atoms with Gasteiger partial charge in [-0.2, -0.15) is 0 Å². The van der Waals surface area contributed by atoms with Gasteiger partial charge in [-0.05, 0) is 91.3 Å². The topological polar surface area (TPSA) is 16.4 Å². The van der Waals surface area contributed by atoms with Crippen LogP contribution < -0.4 is 4.90 Å². The predicted molar refractivity (Wildman–Crippen MR) is 206 cm³/mol. The van der Waals surface area contributed by atoms with E-state index in [1.54, 1.807) is 0 Å². The molecule has 0 amide bonds. The number of benzene rings is 8. The highest BCUT2D eigenvalue weighted by atomic mass is 16.3. The van der Waals surface area contributed by atoms with E-state index in [9.17, 15) is 0 Å². The summed E-state index contributed by atoms with van der Waals surface area (Å²) in [5.74, 6) is 0. The fourth-order valence-electron chi connectivity index (χ4n) is 8.27. The van der Waals surface area contributed by atoms with Crippen LogP contribution in [0.5, 0.6) is 0 Å². The maximum Gasteiger partial charge on any atom is 0.159 e. The molecule has 2 heteroatoms. The highest BCUT2D eigenvalue weighted by molar-refractivity contribution is 6.12. The number of anilines is 3. The molecule has 9 aromatic rings. The van der Waals surface area contributed by atoms with Crippen molar-refractivity contribution >= 4 is 60.5 Å². The largest absolute Gasteiger partial charge is 0.454 e. The Morgan fingerprint density at radius 2 is 1.16 bits per heavy atom. The molecule has 0 N–H and O–H groups in total. The molecular formula is C47H33NO. The summed E-state index contributed by atoms with van der Waals surface area (Å²) in [6.07, 6.45) is 0. The highest BCUT2D eigenvalue weighted by Crippen LogP contribution is 2.54. The highest BCUT2D eigenvalue weighted by Gasteiger charge is 2.37. The van der Waals surface area contributed by atoms with Gasteiger partial charge in [0.25, 0.3) is 0 Å². The first-order valence-electron chi connectivity index (χ1n) is 17.0. The molecule has 1 heterocycles. The van der Waals surface area contributed by atoms with E-state index in [-0.39, 0.29) is 5.41 Å². The third kappa shape index (κ3) is 4.14. The van der Waals surface area contributed by atoms with Gasteiger partial charge in [-0.1, -0.05) is 141 Å². The van der Waals surface area contributed by atoms with E-state index >= 15 is 0 Å². The molecule has 1 aliphatic carbocycles. The Morgan fingerprint density at radius 3 is 2.06 bits per heavy atom. The van der Waals surface area contributed by atoms with Crippen LogP contribution >= 0.6 is 0 Å². The van der Waals surface area contributed by atoms with Gasteiger partial charge in [0.1, 0.15) is 5.58 Å². The van der Waals surface area contributed by atoms with Gasteiger partial charge < -0.3 is 9.32 Å². The Bertz CT molecular complexity index is 2750. The number of para-hydroxylation sites is 2. The maximum absolute atomic E-state index is 6.67. The summed E-state index contributed by atoms with van der Waals surface area (Å²) in [6, 6.07) is 59.4. The molecule has 1 aromatic heterocycles. The van der Waals surface area contributed by atoms with Crippen molar-refractivity contribution in [2.75, 3.05) is 4.90 Å². The SMILES string of the molecule is CC1(C)c2ccc(N(c3ccc4c(ccc5ccccc54)c3)c3cccc4c3oc3ccccc34)cc2-c2c(-c3ccccc3)cccc21. The van der Waals surface area contributed by atoms with Crippen LogP contribution in [0.2, 0.25) is 0 Å². The Hall–Kier alpha value is -6.12. The van der Waals surface area contributed by atoms with Gasteiger partial charge in [-0.25, -0.2) is 0 Å². The first-order valence-corrected chi connectivity index (χ1v) is 17.0. The monoisotopic (exact) mass is 627 g/mol. The summed E-state index contributed by atoms with van der Waals surface area (Å²) in [5.41, 5.74) is 12.7. The normalized spacial score (nSPS) is 13.3. The number of nitrogens with zero attached hydrogens (tertiary/aromatic N) is 1. The number of furan rings is 1. The lowest BCUT2D eigenvalue weighted by molar-refractivity contribution is 0.660. The standard InChI is InChI=1S/C47H33NO/c1-47(2)41-27-25-34(29-40(41)45-37(17-10-19-42(45)47)30-12-4-3-5-13-30)48(43-20-11-18-39-38-16-8-9-21-44(38)49-46(39)43)33-24-26-36-32(28-33)23-22-31-14-6-7-15-35(31)36/h3-29H,1-2H3. The Kier molecular flexibility index (Phi) is 5.95. The first-order chi connectivity index (χ1) is 24.1. The second kappa shape index (κ2) is 10.4. The van der Waals surface area contributed by atoms with Crippen LogP contribution in [0.1, 0.15) is 25.0 Å². The van der Waals surface area contributed by atoms with Gasteiger partial charge in [-0.3, -0.25) is 0 Å². The number of hydrogen-bond donors (Lipinski definition) is 0. The summed E-state index contributed by atoms with van der Waals surface area (Å²) < 4.78 is 6.67. The van der Waals surface area contributed by atoms with E-state index in [0.29, 0.717) is 0 Å². The van der Waals surface area contributed by atoms with E-state index in [1.165, 1.54) is 54.9 Å². The molecule has 1 aliphatic rings. The van der Waals surface area contributed by atoms with Crippen molar-refractivity contribution in [3.8, 4) is 22.3 Å². The van der Waals surface area contributed by atoms with Crippen molar-refractivity contribution < 1.29 is 4.42 Å². The zero-order chi connectivity index (χ0) is 32.7. The van der Waals surface area contributed by atoms with Crippen molar-refractivity contribution in [2.24, 2.45) is 0 Å². The zero-order valence-corrected chi connectivity index (χ0v) is 27.4. The predicted octanol–water partition coefficient (Wildman–Crippen LogP) is 13.3. The molecule has 0 bridgehead atoms. The minimum Gasteiger partial charge on any atom is -0.454 e. The molecule has 49 heavy (non-hydrogen) atoms. The second-order valence-corrected chi connectivity index (χ2v) is 13.7. The van der Waals surface area contributed by atoms with Gasteiger partial charge in [0.05, 0.1) is 5.69 Å². The molecule has 0 radical (unpaired) electrons. The lowest BCUT2D eigenvalue weighted by atomic mass is 9.82. The third-order valence-electron chi connectivity index (χ3n) is 10.6. The van der Waals surface area contributed by atoms with Gasteiger partial charge in [0, 0.05) is 27.6 Å². The van der Waals surface area contributed by atoms with E-state index < -0.39 is 0 Å². The van der Waals surface area contributed by atoms with Gasteiger partial charge in [0.15, 0.2) is 5.58 Å². The van der Waals surface area contributed by atoms with Gasteiger partial charge >= 0.3 is 0 Å². The molecule has 0 saturated carbocycles. The summed E-state index contributed by atoms with van der Waals surface area (Å²) >= 11 is 0. The van der Waals surface area contributed by atoms with Crippen LogP contribution in [0.25, 0.3) is 65.7 Å². The van der Waals surface area contributed by atoms with Crippen molar-refractivity contribution in [3.05, 3.63) is 175 Å². The molecule has 0 aliphatic heterocycles. The average Bonchev–Trinajstić information content (AvgIpc) is 3.64. The number of hydrogen-bond acceptors (Lipinski definition) is 2. The van der Waals surface area contributed by atoms with Gasteiger partial charge in [0.2, 0.25) is 0 Å². The van der Waals surface area contributed by atoms with E-state index in [4.69, 9.17) is 4.42 Å². The van der Waals surface area contributed by atoms with E-state index in [0.717, 1.165) is 39.0 Å². The molecular weight excluding hydrogens is 595 g/mol. The smallest absolute Gasteiger partial charge is 0.159 e. The lowest BCUT2D eigenvalue weighted by Crippen LogP contribution is -2.15. The fourth-order valence-corrected chi connectivity index (χ4v) is 8.27. The van der Waals surface area contributed by atoms with Crippen molar-refractivity contribution in [1.29, 1.82) is 0 Å². The van der Waals surface area contributed by atoms with Crippen LogP contribution in [0.3, 0.4) is 0 Å². The molecule has 0 atom stereocenters. The lowest BCUT2D eigenvalue weighted by Gasteiger charge is -2.27. The molecule has 0 unspecified atom stereocenters. The van der Waals surface area contributed by atoms with E-state index in [2.05, 4.69) is 176 Å². The summed E-state index contributed by atoms with van der Waals surface area (Å²) in [5, 5.41) is 7.21. The minimum absolute atomic E-state index is 0.123. The van der Waals surface area contributed by atoms with Crippen LogP contribution in [0.4, 0.5) is 17.1 Å². The van der Waals surface area contributed by atoms with E-state index in [1.807, 2.05) is 6.07 Å². The van der Waals surface area contributed by atoms with Crippen LogP contribution in [0.15, 0.2) is 168 Å².